The van der Waals surface area contributed by atoms with Gasteiger partial charge in [0.05, 0.1) is 16.1 Å². The standard InChI is InChI=1S/C21H24ClN3O3S/c22-16-7-9-18(10-8-16)29(27,28)23-20-6-2-1-5-19(20)21(26)25-14-11-17(15-25)24-12-3-4-13-24/h1-2,5-10,17,23H,3-4,11-15H2. The Hall–Kier alpha value is -2.09. The summed E-state index contributed by atoms with van der Waals surface area (Å²) < 4.78 is 28.1. The minimum absolute atomic E-state index is 0.0967. The van der Waals surface area contributed by atoms with Crippen LogP contribution >= 0.6 is 11.6 Å². The SMILES string of the molecule is O=C(c1ccccc1NS(=O)(=O)c1ccc(Cl)cc1)N1CCC(N2CCCC2)C1. The van der Waals surface area contributed by atoms with Gasteiger partial charge in [0.1, 0.15) is 0 Å². The molecule has 154 valence electrons. The van der Waals surface area contributed by atoms with Crippen molar-refractivity contribution in [1.82, 2.24) is 9.80 Å². The van der Waals surface area contributed by atoms with Crippen LogP contribution in [-0.2, 0) is 10.0 Å². The Kier molecular flexibility index (Phi) is 5.81. The van der Waals surface area contributed by atoms with Crippen molar-refractivity contribution in [2.24, 2.45) is 0 Å². The number of amides is 1. The molecule has 2 aromatic carbocycles. The maximum Gasteiger partial charge on any atom is 0.261 e. The van der Waals surface area contributed by atoms with Crippen molar-refractivity contribution < 1.29 is 13.2 Å². The lowest BCUT2D eigenvalue weighted by Crippen LogP contribution is -2.37. The molecule has 2 aromatic rings. The number of halogens is 1. The van der Waals surface area contributed by atoms with E-state index in [2.05, 4.69) is 9.62 Å². The van der Waals surface area contributed by atoms with Gasteiger partial charge in [-0.1, -0.05) is 23.7 Å². The van der Waals surface area contributed by atoms with Gasteiger partial charge in [0.15, 0.2) is 0 Å². The van der Waals surface area contributed by atoms with Crippen molar-refractivity contribution in [2.75, 3.05) is 30.9 Å². The van der Waals surface area contributed by atoms with Crippen molar-refractivity contribution in [1.29, 1.82) is 0 Å². The van der Waals surface area contributed by atoms with Gasteiger partial charge in [-0.3, -0.25) is 14.4 Å². The molecule has 0 spiro atoms. The van der Waals surface area contributed by atoms with E-state index in [0.29, 0.717) is 29.7 Å². The second-order valence-corrected chi connectivity index (χ2v) is 9.66. The van der Waals surface area contributed by atoms with Crippen LogP contribution in [0, 0.1) is 0 Å². The summed E-state index contributed by atoms with van der Waals surface area (Å²) in [4.78, 5) is 17.5. The van der Waals surface area contributed by atoms with Gasteiger partial charge in [-0.05, 0) is 68.8 Å². The number of hydrogen-bond acceptors (Lipinski definition) is 4. The van der Waals surface area contributed by atoms with Crippen LogP contribution in [0.2, 0.25) is 5.02 Å². The number of nitrogens with zero attached hydrogens (tertiary/aromatic N) is 2. The molecule has 1 unspecified atom stereocenters. The van der Waals surface area contributed by atoms with Crippen molar-refractivity contribution >= 4 is 33.2 Å². The first-order valence-corrected chi connectivity index (χ1v) is 11.7. The van der Waals surface area contributed by atoms with Crippen LogP contribution in [0.1, 0.15) is 29.6 Å². The molecular weight excluding hydrogens is 410 g/mol. The molecular formula is C21H24ClN3O3S. The highest BCUT2D eigenvalue weighted by molar-refractivity contribution is 7.92. The van der Waals surface area contributed by atoms with Crippen molar-refractivity contribution in [3.05, 3.63) is 59.1 Å². The molecule has 0 bridgehead atoms. The summed E-state index contributed by atoms with van der Waals surface area (Å²) in [5.74, 6) is -0.138. The number of hydrogen-bond donors (Lipinski definition) is 1. The molecule has 2 saturated heterocycles. The first-order valence-electron chi connectivity index (χ1n) is 9.85. The summed E-state index contributed by atoms with van der Waals surface area (Å²) in [5.41, 5.74) is 0.657. The van der Waals surface area contributed by atoms with Gasteiger partial charge < -0.3 is 4.90 Å². The third-order valence-corrected chi connectivity index (χ3v) is 7.27. The Bertz CT molecular complexity index is 988. The second kappa shape index (κ2) is 8.34. The molecule has 2 aliphatic heterocycles. The fourth-order valence-corrected chi connectivity index (χ4v) is 5.28. The molecule has 2 heterocycles. The number of para-hydroxylation sites is 1. The Balaban J connectivity index is 1.52. The Morgan fingerprint density at radius 3 is 2.41 bits per heavy atom. The molecule has 1 N–H and O–H groups in total. The average Bonchev–Trinajstić information content (AvgIpc) is 3.40. The number of carbonyl (C=O) groups is 1. The average molecular weight is 434 g/mol. The zero-order valence-corrected chi connectivity index (χ0v) is 17.6. The fourth-order valence-electron chi connectivity index (χ4n) is 4.08. The summed E-state index contributed by atoms with van der Waals surface area (Å²) in [6.45, 7) is 3.59. The van der Waals surface area contributed by atoms with E-state index < -0.39 is 10.0 Å². The minimum atomic E-state index is -3.82. The molecule has 0 aliphatic carbocycles. The summed E-state index contributed by atoms with van der Waals surface area (Å²) in [6, 6.07) is 13.1. The fraction of sp³-hybridized carbons (Fsp3) is 0.381. The van der Waals surface area contributed by atoms with Crippen LogP contribution in [0.4, 0.5) is 5.69 Å². The monoisotopic (exact) mass is 433 g/mol. The molecule has 4 rings (SSSR count). The van der Waals surface area contributed by atoms with E-state index in [4.69, 9.17) is 11.6 Å². The minimum Gasteiger partial charge on any atom is -0.337 e. The van der Waals surface area contributed by atoms with Gasteiger partial charge >= 0.3 is 0 Å². The molecule has 0 saturated carbocycles. The topological polar surface area (TPSA) is 69.7 Å². The third kappa shape index (κ3) is 4.42. The molecule has 0 radical (unpaired) electrons. The predicted octanol–water partition coefficient (Wildman–Crippen LogP) is 3.45. The quantitative estimate of drug-likeness (QED) is 0.784. The molecule has 2 fully saturated rings. The Morgan fingerprint density at radius 2 is 1.69 bits per heavy atom. The first-order chi connectivity index (χ1) is 13.9. The summed E-state index contributed by atoms with van der Waals surface area (Å²) in [6.07, 6.45) is 3.41. The normalized spacial score (nSPS) is 20.2. The molecule has 6 nitrogen and oxygen atoms in total. The number of benzene rings is 2. The van der Waals surface area contributed by atoms with E-state index in [1.54, 1.807) is 24.3 Å². The van der Waals surface area contributed by atoms with Crippen LogP contribution < -0.4 is 4.72 Å². The van der Waals surface area contributed by atoms with Gasteiger partial charge in [0.2, 0.25) is 0 Å². The highest BCUT2D eigenvalue weighted by atomic mass is 35.5. The lowest BCUT2D eigenvalue weighted by molar-refractivity contribution is 0.0781. The first kappa shape index (κ1) is 20.2. The van der Waals surface area contributed by atoms with Gasteiger partial charge in [0.25, 0.3) is 15.9 Å². The van der Waals surface area contributed by atoms with Crippen molar-refractivity contribution in [2.45, 2.75) is 30.2 Å². The highest BCUT2D eigenvalue weighted by Crippen LogP contribution is 2.26. The zero-order valence-electron chi connectivity index (χ0n) is 16.1. The number of likely N-dealkylation sites (tertiary alicyclic amines) is 2. The summed E-state index contributed by atoms with van der Waals surface area (Å²) in [7, 11) is -3.82. The number of rotatable bonds is 5. The number of sulfonamides is 1. The maximum absolute atomic E-state index is 13.2. The highest BCUT2D eigenvalue weighted by Gasteiger charge is 2.33. The smallest absolute Gasteiger partial charge is 0.261 e. The molecule has 8 heteroatoms. The molecule has 0 aromatic heterocycles. The van der Waals surface area contributed by atoms with Crippen LogP contribution in [0.3, 0.4) is 0 Å². The van der Waals surface area contributed by atoms with Gasteiger partial charge in [-0.2, -0.15) is 0 Å². The lowest BCUT2D eigenvalue weighted by atomic mass is 10.1. The van der Waals surface area contributed by atoms with E-state index in [9.17, 15) is 13.2 Å². The van der Waals surface area contributed by atoms with E-state index in [-0.39, 0.29) is 16.5 Å². The summed E-state index contributed by atoms with van der Waals surface area (Å²) >= 11 is 5.85. The second-order valence-electron chi connectivity index (χ2n) is 7.54. The van der Waals surface area contributed by atoms with Crippen molar-refractivity contribution in [3.63, 3.8) is 0 Å². The van der Waals surface area contributed by atoms with E-state index in [0.717, 1.165) is 19.5 Å². The van der Waals surface area contributed by atoms with Crippen LogP contribution in [0.15, 0.2) is 53.4 Å². The third-order valence-electron chi connectivity index (χ3n) is 5.63. The van der Waals surface area contributed by atoms with Gasteiger partial charge in [-0.15, -0.1) is 0 Å². The number of nitrogens with one attached hydrogen (secondary N) is 1. The Morgan fingerprint density at radius 1 is 1.00 bits per heavy atom. The van der Waals surface area contributed by atoms with Gasteiger partial charge in [-0.25, -0.2) is 8.42 Å². The zero-order chi connectivity index (χ0) is 20.4. The maximum atomic E-state index is 13.2. The summed E-state index contributed by atoms with van der Waals surface area (Å²) in [5, 5.41) is 0.459. The largest absolute Gasteiger partial charge is 0.337 e. The number of anilines is 1. The molecule has 1 atom stereocenters. The van der Waals surface area contributed by atoms with E-state index >= 15 is 0 Å². The van der Waals surface area contributed by atoms with Crippen molar-refractivity contribution in [3.8, 4) is 0 Å². The molecule has 29 heavy (non-hydrogen) atoms. The Labute approximate surface area is 176 Å². The van der Waals surface area contributed by atoms with Crippen LogP contribution in [0.25, 0.3) is 0 Å². The van der Waals surface area contributed by atoms with Gasteiger partial charge in [0, 0.05) is 24.2 Å². The molecule has 1 amide bonds. The van der Waals surface area contributed by atoms with Crippen LogP contribution in [0.5, 0.6) is 0 Å². The molecule has 2 aliphatic rings. The predicted molar refractivity (Wildman–Crippen MR) is 114 cm³/mol. The van der Waals surface area contributed by atoms with E-state index in [1.807, 2.05) is 4.90 Å². The number of carbonyl (C=O) groups excluding carboxylic acids is 1. The lowest BCUT2D eigenvalue weighted by Gasteiger charge is -2.24. The van der Waals surface area contributed by atoms with E-state index in [1.165, 1.54) is 37.1 Å². The van der Waals surface area contributed by atoms with Crippen LogP contribution in [-0.4, -0.2) is 56.3 Å².